The Labute approximate surface area is 105 Å². The third-order valence-electron chi connectivity index (χ3n) is 3.79. The summed E-state index contributed by atoms with van der Waals surface area (Å²) in [6.45, 7) is 3.26. The molecule has 1 aliphatic carbocycles. The molecule has 0 bridgehead atoms. The fourth-order valence-electron chi connectivity index (χ4n) is 2.80. The molecule has 1 N–H and O–H groups in total. The number of nitrogens with one attached hydrogen (secondary N) is 1. The average molecular weight is 232 g/mol. The number of rotatable bonds is 5. The maximum Gasteiger partial charge on any atom is 0.0312 e. The zero-order valence-electron chi connectivity index (χ0n) is 10.9. The number of hydrogen-bond donors (Lipinski definition) is 1. The fraction of sp³-hybridized carbons (Fsp3) is 0.667. The first kappa shape index (κ1) is 12.6. The van der Waals surface area contributed by atoms with Gasteiger partial charge in [0.25, 0.3) is 0 Å². The quantitative estimate of drug-likeness (QED) is 0.840. The van der Waals surface area contributed by atoms with Crippen molar-refractivity contribution in [3.63, 3.8) is 0 Å². The largest absolute Gasteiger partial charge is 0.310 e. The Morgan fingerprint density at radius 3 is 2.88 bits per heavy atom. The minimum absolute atomic E-state index is 0.623. The van der Waals surface area contributed by atoms with Crippen LogP contribution in [0.1, 0.15) is 51.0 Å². The van der Waals surface area contributed by atoms with E-state index in [1.165, 1.54) is 44.1 Å². The van der Waals surface area contributed by atoms with E-state index in [4.69, 9.17) is 0 Å². The lowest BCUT2D eigenvalue weighted by Gasteiger charge is -2.25. The highest BCUT2D eigenvalue weighted by atomic mass is 14.9. The van der Waals surface area contributed by atoms with Gasteiger partial charge in [-0.25, -0.2) is 0 Å². The molecule has 0 aliphatic heterocycles. The van der Waals surface area contributed by atoms with Crippen LogP contribution in [0.3, 0.4) is 0 Å². The minimum Gasteiger partial charge on any atom is -0.310 e. The Bertz CT molecular complexity index is 304. The van der Waals surface area contributed by atoms with Crippen molar-refractivity contribution in [2.75, 3.05) is 0 Å². The van der Waals surface area contributed by atoms with Crippen LogP contribution in [0.2, 0.25) is 0 Å². The molecule has 1 saturated carbocycles. The lowest BCUT2D eigenvalue weighted by molar-refractivity contribution is 0.304. The van der Waals surface area contributed by atoms with Gasteiger partial charge >= 0.3 is 0 Å². The van der Waals surface area contributed by atoms with Crippen LogP contribution in [-0.2, 0) is 6.54 Å². The summed E-state index contributed by atoms with van der Waals surface area (Å²) in [6.07, 6.45) is 12.3. The van der Waals surface area contributed by atoms with E-state index in [0.717, 1.165) is 12.5 Å². The van der Waals surface area contributed by atoms with Gasteiger partial charge in [-0.1, -0.05) is 38.2 Å². The molecule has 1 heterocycles. The second-order valence-corrected chi connectivity index (χ2v) is 5.38. The van der Waals surface area contributed by atoms with Crippen LogP contribution in [0.5, 0.6) is 0 Å². The third kappa shape index (κ3) is 4.47. The number of pyridine rings is 1. The van der Waals surface area contributed by atoms with E-state index in [-0.39, 0.29) is 0 Å². The molecule has 0 amide bonds. The Hall–Kier alpha value is -0.890. The third-order valence-corrected chi connectivity index (χ3v) is 3.79. The van der Waals surface area contributed by atoms with Crippen LogP contribution in [0, 0.1) is 5.92 Å². The SMILES string of the molecule is C[C@@H](CC1CCCCC1)NCc1cccnc1. The second kappa shape index (κ2) is 6.75. The van der Waals surface area contributed by atoms with Crippen molar-refractivity contribution in [1.29, 1.82) is 0 Å². The highest BCUT2D eigenvalue weighted by Crippen LogP contribution is 2.27. The van der Waals surface area contributed by atoms with Gasteiger partial charge in [-0.15, -0.1) is 0 Å². The van der Waals surface area contributed by atoms with Gasteiger partial charge in [-0.05, 0) is 30.9 Å². The van der Waals surface area contributed by atoms with E-state index in [9.17, 15) is 0 Å². The normalized spacial score (nSPS) is 19.1. The summed E-state index contributed by atoms with van der Waals surface area (Å²) in [4.78, 5) is 4.14. The molecule has 1 aromatic heterocycles. The minimum atomic E-state index is 0.623. The van der Waals surface area contributed by atoms with E-state index in [1.807, 2.05) is 18.5 Å². The summed E-state index contributed by atoms with van der Waals surface area (Å²) >= 11 is 0. The summed E-state index contributed by atoms with van der Waals surface area (Å²) in [6, 6.07) is 4.76. The molecule has 2 nitrogen and oxygen atoms in total. The van der Waals surface area contributed by atoms with Gasteiger partial charge < -0.3 is 5.32 Å². The molecule has 2 heteroatoms. The monoisotopic (exact) mass is 232 g/mol. The van der Waals surface area contributed by atoms with Crippen LogP contribution >= 0.6 is 0 Å². The van der Waals surface area contributed by atoms with Crippen molar-refractivity contribution < 1.29 is 0 Å². The number of nitrogens with zero attached hydrogens (tertiary/aromatic N) is 1. The van der Waals surface area contributed by atoms with Crippen molar-refractivity contribution >= 4 is 0 Å². The van der Waals surface area contributed by atoms with E-state index in [0.29, 0.717) is 6.04 Å². The summed E-state index contributed by atoms with van der Waals surface area (Å²) in [7, 11) is 0. The van der Waals surface area contributed by atoms with Crippen molar-refractivity contribution in [3.8, 4) is 0 Å². The molecule has 1 fully saturated rings. The van der Waals surface area contributed by atoms with Crippen molar-refractivity contribution in [1.82, 2.24) is 10.3 Å². The Morgan fingerprint density at radius 2 is 2.18 bits per heavy atom. The molecule has 0 saturated heterocycles. The molecule has 2 rings (SSSR count). The highest BCUT2D eigenvalue weighted by Gasteiger charge is 2.15. The Morgan fingerprint density at radius 1 is 1.35 bits per heavy atom. The molecule has 0 unspecified atom stereocenters. The fourth-order valence-corrected chi connectivity index (χ4v) is 2.80. The Balaban J connectivity index is 1.68. The second-order valence-electron chi connectivity index (χ2n) is 5.38. The van der Waals surface area contributed by atoms with Gasteiger partial charge in [-0.3, -0.25) is 4.98 Å². The van der Waals surface area contributed by atoms with Crippen LogP contribution < -0.4 is 5.32 Å². The lowest BCUT2D eigenvalue weighted by atomic mass is 9.85. The molecule has 0 radical (unpaired) electrons. The Kier molecular flexibility index (Phi) is 4.99. The lowest BCUT2D eigenvalue weighted by Crippen LogP contribution is -2.28. The smallest absolute Gasteiger partial charge is 0.0312 e. The zero-order chi connectivity index (χ0) is 11.9. The predicted octanol–water partition coefficient (Wildman–Crippen LogP) is 3.53. The standard InChI is InChI=1S/C15H24N2/c1-13(10-14-6-3-2-4-7-14)17-12-15-8-5-9-16-11-15/h5,8-9,11,13-14,17H,2-4,6-7,10,12H2,1H3/t13-/m0/s1. The van der Waals surface area contributed by atoms with E-state index in [1.54, 1.807) is 0 Å². The molecule has 0 aromatic carbocycles. The van der Waals surface area contributed by atoms with Gasteiger partial charge in [0, 0.05) is 25.0 Å². The molecular formula is C15H24N2. The van der Waals surface area contributed by atoms with Gasteiger partial charge in [0.15, 0.2) is 0 Å². The molecule has 0 spiro atoms. The van der Waals surface area contributed by atoms with Crippen LogP contribution in [0.25, 0.3) is 0 Å². The zero-order valence-corrected chi connectivity index (χ0v) is 10.9. The molecule has 1 atom stereocenters. The number of aromatic nitrogens is 1. The maximum atomic E-state index is 4.14. The van der Waals surface area contributed by atoms with Crippen LogP contribution in [-0.4, -0.2) is 11.0 Å². The summed E-state index contributed by atoms with van der Waals surface area (Å²) < 4.78 is 0. The van der Waals surface area contributed by atoms with Gasteiger partial charge in [0.1, 0.15) is 0 Å². The van der Waals surface area contributed by atoms with Gasteiger partial charge in [0.05, 0.1) is 0 Å². The van der Waals surface area contributed by atoms with Crippen LogP contribution in [0.15, 0.2) is 24.5 Å². The van der Waals surface area contributed by atoms with Crippen LogP contribution in [0.4, 0.5) is 0 Å². The van der Waals surface area contributed by atoms with E-state index >= 15 is 0 Å². The summed E-state index contributed by atoms with van der Waals surface area (Å²) in [5, 5.41) is 3.61. The molecule has 17 heavy (non-hydrogen) atoms. The van der Waals surface area contributed by atoms with Gasteiger partial charge in [0.2, 0.25) is 0 Å². The molecule has 94 valence electrons. The predicted molar refractivity (Wildman–Crippen MR) is 71.7 cm³/mol. The highest BCUT2D eigenvalue weighted by molar-refractivity contribution is 5.07. The summed E-state index contributed by atoms with van der Waals surface area (Å²) in [5.74, 6) is 0.958. The topological polar surface area (TPSA) is 24.9 Å². The molecule has 1 aromatic rings. The first-order chi connectivity index (χ1) is 8.34. The van der Waals surface area contributed by atoms with E-state index in [2.05, 4.69) is 23.3 Å². The van der Waals surface area contributed by atoms with Gasteiger partial charge in [-0.2, -0.15) is 0 Å². The summed E-state index contributed by atoms with van der Waals surface area (Å²) in [5.41, 5.74) is 1.28. The van der Waals surface area contributed by atoms with Crippen molar-refractivity contribution in [2.24, 2.45) is 5.92 Å². The maximum absolute atomic E-state index is 4.14. The molecular weight excluding hydrogens is 208 g/mol. The first-order valence-corrected chi connectivity index (χ1v) is 6.97. The number of hydrogen-bond acceptors (Lipinski definition) is 2. The average Bonchev–Trinajstić information content (AvgIpc) is 2.39. The first-order valence-electron chi connectivity index (χ1n) is 6.97. The van der Waals surface area contributed by atoms with Crippen molar-refractivity contribution in [2.45, 2.75) is 58.0 Å². The molecule has 1 aliphatic rings. The van der Waals surface area contributed by atoms with Crippen molar-refractivity contribution in [3.05, 3.63) is 30.1 Å². The van der Waals surface area contributed by atoms with E-state index < -0.39 is 0 Å².